The van der Waals surface area contributed by atoms with Crippen molar-refractivity contribution in [3.8, 4) is 0 Å². The zero-order valence-electron chi connectivity index (χ0n) is 5.96. The maximum absolute atomic E-state index is 9.27. The van der Waals surface area contributed by atoms with Gasteiger partial charge in [-0.2, -0.15) is 0 Å². The van der Waals surface area contributed by atoms with Crippen LogP contribution in [0.15, 0.2) is 12.7 Å². The zero-order valence-corrected chi connectivity index (χ0v) is 5.96. The van der Waals surface area contributed by atoms with Gasteiger partial charge < -0.3 is 10.2 Å². The van der Waals surface area contributed by atoms with Crippen molar-refractivity contribution in [2.45, 2.75) is 19.4 Å². The molecule has 0 aliphatic rings. The molecule has 0 radical (unpaired) electrons. The molecule has 2 atom stereocenters. The van der Waals surface area contributed by atoms with Crippen molar-refractivity contribution in [3.05, 3.63) is 12.7 Å². The second-order valence-electron chi connectivity index (χ2n) is 2.54. The monoisotopic (exact) mass is 130 g/mol. The van der Waals surface area contributed by atoms with E-state index in [1.807, 2.05) is 6.92 Å². The van der Waals surface area contributed by atoms with Crippen molar-refractivity contribution in [1.82, 2.24) is 0 Å². The van der Waals surface area contributed by atoms with Crippen LogP contribution in [0.25, 0.3) is 0 Å². The van der Waals surface area contributed by atoms with Gasteiger partial charge >= 0.3 is 0 Å². The summed E-state index contributed by atoms with van der Waals surface area (Å²) < 4.78 is 0. The molecule has 54 valence electrons. The first-order chi connectivity index (χ1) is 4.04. The largest absolute Gasteiger partial charge is 0.393 e. The average Bonchev–Trinajstić information content (AvgIpc) is 1.86. The van der Waals surface area contributed by atoms with Crippen molar-refractivity contribution in [2.24, 2.45) is 5.92 Å². The van der Waals surface area contributed by atoms with E-state index in [0.29, 0.717) is 0 Å². The topological polar surface area (TPSA) is 40.5 Å². The summed E-state index contributed by atoms with van der Waals surface area (Å²) in [5, 5.41) is 17.9. The van der Waals surface area contributed by atoms with E-state index < -0.39 is 5.60 Å². The van der Waals surface area contributed by atoms with E-state index in [1.165, 1.54) is 0 Å². The fraction of sp³-hybridized carbons (Fsp3) is 0.714. The molecular formula is C7H14O2. The van der Waals surface area contributed by atoms with E-state index in [4.69, 9.17) is 5.11 Å². The van der Waals surface area contributed by atoms with Crippen molar-refractivity contribution in [3.63, 3.8) is 0 Å². The summed E-state index contributed by atoms with van der Waals surface area (Å²) in [7, 11) is 0. The fourth-order valence-corrected chi connectivity index (χ4v) is 0.398. The second kappa shape index (κ2) is 2.99. The highest BCUT2D eigenvalue weighted by atomic mass is 16.3. The van der Waals surface area contributed by atoms with Crippen LogP contribution in [0.1, 0.15) is 13.8 Å². The Kier molecular flexibility index (Phi) is 2.88. The third-order valence-corrected chi connectivity index (χ3v) is 1.65. The quantitative estimate of drug-likeness (QED) is 0.548. The molecule has 0 saturated carbocycles. The first kappa shape index (κ1) is 8.66. The van der Waals surface area contributed by atoms with E-state index in [0.717, 1.165) is 0 Å². The lowest BCUT2D eigenvalue weighted by atomic mass is 9.92. The van der Waals surface area contributed by atoms with Gasteiger partial charge in [0.1, 0.15) is 0 Å². The lowest BCUT2D eigenvalue weighted by molar-refractivity contribution is -0.0263. The van der Waals surface area contributed by atoms with Gasteiger partial charge in [0.2, 0.25) is 0 Å². The zero-order chi connectivity index (χ0) is 7.49. The van der Waals surface area contributed by atoms with Crippen LogP contribution in [0.4, 0.5) is 0 Å². The third-order valence-electron chi connectivity index (χ3n) is 1.65. The molecule has 0 aromatic rings. The first-order valence-corrected chi connectivity index (χ1v) is 3.00. The van der Waals surface area contributed by atoms with E-state index >= 15 is 0 Å². The summed E-state index contributed by atoms with van der Waals surface area (Å²) in [6.07, 6.45) is 1.62. The Hall–Kier alpha value is -0.340. The Labute approximate surface area is 55.8 Å². The summed E-state index contributed by atoms with van der Waals surface area (Å²) in [6, 6.07) is 0. The molecule has 0 aliphatic carbocycles. The molecule has 0 bridgehead atoms. The molecule has 0 aliphatic heterocycles. The Balaban J connectivity index is 3.95. The molecular weight excluding hydrogens is 116 g/mol. The predicted octanol–water partition coefficient (Wildman–Crippen LogP) is 0.552. The second-order valence-corrected chi connectivity index (χ2v) is 2.54. The molecule has 0 saturated heterocycles. The van der Waals surface area contributed by atoms with Gasteiger partial charge in [-0.05, 0) is 6.92 Å². The smallest absolute Gasteiger partial charge is 0.0908 e. The first-order valence-electron chi connectivity index (χ1n) is 3.00. The molecule has 0 aromatic carbocycles. The maximum atomic E-state index is 9.27. The summed E-state index contributed by atoms with van der Waals surface area (Å²) in [4.78, 5) is 0. The normalized spacial score (nSPS) is 20.4. The van der Waals surface area contributed by atoms with Gasteiger partial charge in [-0.3, -0.25) is 0 Å². The summed E-state index contributed by atoms with van der Waals surface area (Å²) in [5.74, 6) is -0.0671. The summed E-state index contributed by atoms with van der Waals surface area (Å²) in [6.45, 7) is 6.67. The van der Waals surface area contributed by atoms with Crippen molar-refractivity contribution in [1.29, 1.82) is 0 Å². The SMILES string of the molecule is C=C[C@H](C)[C@@](C)(O)CO. The van der Waals surface area contributed by atoms with Gasteiger partial charge in [0.25, 0.3) is 0 Å². The Morgan fingerprint density at radius 1 is 1.78 bits per heavy atom. The van der Waals surface area contributed by atoms with Crippen molar-refractivity contribution in [2.75, 3.05) is 6.61 Å². The van der Waals surface area contributed by atoms with Gasteiger partial charge in [-0.25, -0.2) is 0 Å². The Morgan fingerprint density at radius 3 is 2.33 bits per heavy atom. The van der Waals surface area contributed by atoms with Gasteiger partial charge in [-0.1, -0.05) is 13.0 Å². The molecule has 0 rings (SSSR count). The van der Waals surface area contributed by atoms with E-state index in [2.05, 4.69) is 6.58 Å². The molecule has 9 heavy (non-hydrogen) atoms. The van der Waals surface area contributed by atoms with Gasteiger partial charge in [-0.15, -0.1) is 6.58 Å². The van der Waals surface area contributed by atoms with Gasteiger partial charge in [0, 0.05) is 5.92 Å². The molecule has 0 amide bonds. The fourth-order valence-electron chi connectivity index (χ4n) is 0.398. The molecule has 0 unspecified atom stereocenters. The summed E-state index contributed by atoms with van der Waals surface area (Å²) in [5.41, 5.74) is -1.01. The van der Waals surface area contributed by atoms with Gasteiger partial charge in [0.05, 0.1) is 12.2 Å². The molecule has 2 nitrogen and oxygen atoms in total. The molecule has 2 heteroatoms. The highest BCUT2D eigenvalue weighted by Crippen LogP contribution is 2.15. The standard InChI is InChI=1S/C7H14O2/c1-4-6(2)7(3,9)5-8/h4,6,8-9H,1,5H2,2-3H3/t6-,7-/m0/s1. The minimum atomic E-state index is -1.01. The summed E-state index contributed by atoms with van der Waals surface area (Å²) >= 11 is 0. The number of hydrogen-bond acceptors (Lipinski definition) is 2. The van der Waals surface area contributed by atoms with Crippen LogP contribution < -0.4 is 0 Å². The van der Waals surface area contributed by atoms with Crippen molar-refractivity contribution < 1.29 is 10.2 Å². The highest BCUT2D eigenvalue weighted by Gasteiger charge is 2.24. The van der Waals surface area contributed by atoms with Crippen LogP contribution in [0.3, 0.4) is 0 Å². The van der Waals surface area contributed by atoms with Crippen LogP contribution in [-0.4, -0.2) is 22.4 Å². The average molecular weight is 130 g/mol. The van der Waals surface area contributed by atoms with E-state index in [1.54, 1.807) is 13.0 Å². The number of aliphatic hydroxyl groups excluding tert-OH is 1. The maximum Gasteiger partial charge on any atom is 0.0908 e. The molecule has 0 heterocycles. The minimum Gasteiger partial charge on any atom is -0.393 e. The van der Waals surface area contributed by atoms with Gasteiger partial charge in [0.15, 0.2) is 0 Å². The molecule has 0 spiro atoms. The lowest BCUT2D eigenvalue weighted by Gasteiger charge is -2.24. The highest BCUT2D eigenvalue weighted by molar-refractivity contribution is 4.89. The van der Waals surface area contributed by atoms with Crippen LogP contribution in [0.2, 0.25) is 0 Å². The predicted molar refractivity (Wildman–Crippen MR) is 37.1 cm³/mol. The van der Waals surface area contributed by atoms with Crippen LogP contribution >= 0.6 is 0 Å². The third kappa shape index (κ3) is 2.16. The Bertz CT molecular complexity index is 97.1. The van der Waals surface area contributed by atoms with E-state index in [-0.39, 0.29) is 12.5 Å². The number of aliphatic hydroxyl groups is 2. The van der Waals surface area contributed by atoms with Crippen LogP contribution in [0, 0.1) is 5.92 Å². The lowest BCUT2D eigenvalue weighted by Crippen LogP contribution is -2.35. The Morgan fingerprint density at radius 2 is 2.22 bits per heavy atom. The van der Waals surface area contributed by atoms with E-state index in [9.17, 15) is 5.11 Å². The van der Waals surface area contributed by atoms with Crippen molar-refractivity contribution >= 4 is 0 Å². The van der Waals surface area contributed by atoms with Crippen LogP contribution in [0.5, 0.6) is 0 Å². The van der Waals surface area contributed by atoms with Crippen LogP contribution in [-0.2, 0) is 0 Å². The minimum absolute atomic E-state index is 0.0671. The number of hydrogen-bond donors (Lipinski definition) is 2. The molecule has 0 fully saturated rings. The molecule has 2 N–H and O–H groups in total. The number of rotatable bonds is 3. The molecule has 0 aromatic heterocycles.